The summed E-state index contributed by atoms with van der Waals surface area (Å²) in [5.74, 6) is 0. The Kier molecular flexibility index (Phi) is 4.55. The molecule has 0 unspecified atom stereocenters. The van der Waals surface area contributed by atoms with Crippen molar-refractivity contribution in [2.75, 3.05) is 25.9 Å². The van der Waals surface area contributed by atoms with Gasteiger partial charge in [-0.2, -0.15) is 0 Å². The number of ether oxygens (including phenoxy) is 1. The molecular formula is C11H21NO4S. The molecule has 0 aromatic heterocycles. The van der Waals surface area contributed by atoms with Crippen LogP contribution in [-0.2, 0) is 19.4 Å². The minimum Gasteiger partial charge on any atom is -0.461 e. The third-order valence-corrected chi connectivity index (χ3v) is 4.79. The molecule has 0 N–H and O–H groups in total. The fourth-order valence-corrected chi connectivity index (χ4v) is 3.27. The number of hydrogen-bond acceptors (Lipinski definition) is 5. The summed E-state index contributed by atoms with van der Waals surface area (Å²) in [4.78, 5) is 12.5. The SMILES string of the molecule is CC(C)(CN1CCC(S(C)(=O)=O)CC1)OC=O. The third kappa shape index (κ3) is 4.63. The normalized spacial score (nSPS) is 20.2. The molecule has 0 amide bonds. The van der Waals surface area contributed by atoms with E-state index in [1.165, 1.54) is 6.26 Å². The van der Waals surface area contributed by atoms with Gasteiger partial charge in [0.05, 0.1) is 5.25 Å². The van der Waals surface area contributed by atoms with Crippen molar-refractivity contribution in [3.05, 3.63) is 0 Å². The maximum atomic E-state index is 11.4. The van der Waals surface area contributed by atoms with Crippen molar-refractivity contribution in [1.29, 1.82) is 0 Å². The van der Waals surface area contributed by atoms with Crippen LogP contribution in [0.4, 0.5) is 0 Å². The van der Waals surface area contributed by atoms with E-state index < -0.39 is 15.4 Å². The van der Waals surface area contributed by atoms with Gasteiger partial charge in [-0.05, 0) is 39.8 Å². The van der Waals surface area contributed by atoms with Crippen LogP contribution in [0, 0.1) is 0 Å². The van der Waals surface area contributed by atoms with E-state index in [-0.39, 0.29) is 5.25 Å². The van der Waals surface area contributed by atoms with Crippen LogP contribution in [0.3, 0.4) is 0 Å². The number of hydrogen-bond donors (Lipinski definition) is 0. The van der Waals surface area contributed by atoms with Gasteiger partial charge >= 0.3 is 0 Å². The first-order valence-corrected chi connectivity index (χ1v) is 7.73. The van der Waals surface area contributed by atoms with Gasteiger partial charge in [0.2, 0.25) is 0 Å². The number of rotatable bonds is 5. The fourth-order valence-electron chi connectivity index (χ4n) is 2.20. The van der Waals surface area contributed by atoms with Crippen molar-refractivity contribution < 1.29 is 17.9 Å². The molecular weight excluding hydrogens is 242 g/mol. The van der Waals surface area contributed by atoms with E-state index in [1.807, 2.05) is 13.8 Å². The Morgan fingerprint density at radius 1 is 1.35 bits per heavy atom. The summed E-state index contributed by atoms with van der Waals surface area (Å²) in [6.07, 6.45) is 2.62. The Morgan fingerprint density at radius 2 is 1.88 bits per heavy atom. The summed E-state index contributed by atoms with van der Waals surface area (Å²) in [6, 6.07) is 0. The maximum absolute atomic E-state index is 11.4. The molecule has 6 heteroatoms. The average molecular weight is 263 g/mol. The third-order valence-electron chi connectivity index (χ3n) is 3.11. The first kappa shape index (κ1) is 14.4. The van der Waals surface area contributed by atoms with Gasteiger partial charge in [-0.25, -0.2) is 8.42 Å². The van der Waals surface area contributed by atoms with E-state index in [9.17, 15) is 13.2 Å². The molecule has 1 aliphatic heterocycles. The number of sulfone groups is 1. The molecule has 0 spiro atoms. The Hall–Kier alpha value is -0.620. The van der Waals surface area contributed by atoms with E-state index in [0.29, 0.717) is 25.9 Å². The van der Waals surface area contributed by atoms with Crippen molar-refractivity contribution in [2.45, 2.75) is 37.5 Å². The lowest BCUT2D eigenvalue weighted by Gasteiger charge is -2.35. The Labute approximate surface area is 103 Å². The molecule has 0 aromatic rings. The number of likely N-dealkylation sites (tertiary alicyclic amines) is 1. The van der Waals surface area contributed by atoms with Gasteiger partial charge < -0.3 is 4.74 Å². The highest BCUT2D eigenvalue weighted by Gasteiger charge is 2.30. The minimum atomic E-state index is -2.92. The van der Waals surface area contributed by atoms with Crippen LogP contribution in [0.2, 0.25) is 0 Å². The zero-order valence-electron chi connectivity index (χ0n) is 10.7. The number of carbonyl (C=O) groups is 1. The quantitative estimate of drug-likeness (QED) is 0.674. The van der Waals surface area contributed by atoms with Gasteiger partial charge in [0.15, 0.2) is 0 Å². The van der Waals surface area contributed by atoms with Crippen LogP contribution in [-0.4, -0.2) is 56.5 Å². The van der Waals surface area contributed by atoms with Crippen molar-refractivity contribution in [3.63, 3.8) is 0 Å². The summed E-state index contributed by atoms with van der Waals surface area (Å²) >= 11 is 0. The van der Waals surface area contributed by atoms with Crippen LogP contribution in [0.1, 0.15) is 26.7 Å². The molecule has 0 bridgehead atoms. The first-order chi connectivity index (χ1) is 7.74. The fraction of sp³-hybridized carbons (Fsp3) is 0.909. The van der Waals surface area contributed by atoms with E-state index in [0.717, 1.165) is 13.1 Å². The topological polar surface area (TPSA) is 63.7 Å². The van der Waals surface area contributed by atoms with Crippen molar-refractivity contribution in [3.8, 4) is 0 Å². The van der Waals surface area contributed by atoms with Gasteiger partial charge in [0.1, 0.15) is 15.4 Å². The van der Waals surface area contributed by atoms with Gasteiger partial charge in [0, 0.05) is 12.8 Å². The molecule has 0 aromatic carbocycles. The number of piperidine rings is 1. The summed E-state index contributed by atoms with van der Waals surface area (Å²) in [5, 5.41) is -0.214. The van der Waals surface area contributed by atoms with Crippen LogP contribution in [0.25, 0.3) is 0 Å². The maximum Gasteiger partial charge on any atom is 0.293 e. The summed E-state index contributed by atoms with van der Waals surface area (Å²) in [5.41, 5.74) is -0.514. The van der Waals surface area contributed by atoms with Crippen molar-refractivity contribution >= 4 is 16.3 Å². The number of nitrogens with zero attached hydrogens (tertiary/aromatic N) is 1. The predicted molar refractivity (Wildman–Crippen MR) is 65.5 cm³/mol. The lowest BCUT2D eigenvalue weighted by atomic mass is 10.1. The largest absolute Gasteiger partial charge is 0.461 e. The second kappa shape index (κ2) is 5.35. The van der Waals surface area contributed by atoms with Crippen LogP contribution in [0.15, 0.2) is 0 Å². The standard InChI is InChI=1S/C11H21NO4S/c1-11(2,16-9-13)8-12-6-4-10(5-7-12)17(3,14)15/h9-10H,4-8H2,1-3H3. The van der Waals surface area contributed by atoms with Crippen molar-refractivity contribution in [2.24, 2.45) is 0 Å². The second-order valence-electron chi connectivity index (χ2n) is 5.28. The highest BCUT2D eigenvalue weighted by molar-refractivity contribution is 7.91. The molecule has 100 valence electrons. The zero-order chi connectivity index (χ0) is 13.1. The lowest BCUT2D eigenvalue weighted by Crippen LogP contribution is -2.46. The smallest absolute Gasteiger partial charge is 0.293 e. The monoisotopic (exact) mass is 263 g/mol. The van der Waals surface area contributed by atoms with E-state index >= 15 is 0 Å². The van der Waals surface area contributed by atoms with Gasteiger partial charge in [-0.1, -0.05) is 0 Å². The molecule has 17 heavy (non-hydrogen) atoms. The first-order valence-electron chi connectivity index (χ1n) is 5.77. The van der Waals surface area contributed by atoms with Gasteiger partial charge in [0.25, 0.3) is 6.47 Å². The molecule has 1 heterocycles. The molecule has 0 radical (unpaired) electrons. The highest BCUT2D eigenvalue weighted by atomic mass is 32.2. The number of carbonyl (C=O) groups excluding carboxylic acids is 1. The van der Waals surface area contributed by atoms with Crippen molar-refractivity contribution in [1.82, 2.24) is 4.90 Å². The second-order valence-corrected chi connectivity index (χ2v) is 7.60. The van der Waals surface area contributed by atoms with Crippen LogP contribution >= 0.6 is 0 Å². The predicted octanol–water partition coefficient (Wildman–Crippen LogP) is 0.447. The summed E-state index contributed by atoms with van der Waals surface area (Å²) in [6.45, 7) is 6.28. The molecule has 1 aliphatic rings. The van der Waals surface area contributed by atoms with Crippen LogP contribution < -0.4 is 0 Å². The average Bonchev–Trinajstić information content (AvgIpc) is 2.16. The molecule has 0 saturated carbocycles. The Balaban J connectivity index is 2.45. The molecule has 1 rings (SSSR count). The minimum absolute atomic E-state index is 0.214. The van der Waals surface area contributed by atoms with Gasteiger partial charge in [-0.15, -0.1) is 0 Å². The Morgan fingerprint density at radius 3 is 2.29 bits per heavy atom. The molecule has 1 saturated heterocycles. The lowest BCUT2D eigenvalue weighted by molar-refractivity contribution is -0.142. The summed E-state index contributed by atoms with van der Waals surface area (Å²) < 4.78 is 27.8. The molecule has 1 fully saturated rings. The Bertz CT molecular complexity index is 356. The highest BCUT2D eigenvalue weighted by Crippen LogP contribution is 2.19. The van der Waals surface area contributed by atoms with E-state index in [1.54, 1.807) is 0 Å². The van der Waals surface area contributed by atoms with Crippen LogP contribution in [0.5, 0.6) is 0 Å². The molecule has 0 aliphatic carbocycles. The zero-order valence-corrected chi connectivity index (χ0v) is 11.5. The molecule has 5 nitrogen and oxygen atoms in total. The molecule has 0 atom stereocenters. The van der Waals surface area contributed by atoms with Gasteiger partial charge in [-0.3, -0.25) is 9.69 Å². The van der Waals surface area contributed by atoms with E-state index in [2.05, 4.69) is 4.90 Å². The van der Waals surface area contributed by atoms with E-state index in [4.69, 9.17) is 4.74 Å². The summed E-state index contributed by atoms with van der Waals surface area (Å²) in [7, 11) is -2.92.